The largest absolute Gasteiger partial charge is 0.552 e. The van der Waals surface area contributed by atoms with Crippen LogP contribution in [0.4, 0.5) is 0 Å². The number of hydrogen-bond donors (Lipinski definition) is 0. The van der Waals surface area contributed by atoms with Gasteiger partial charge in [-0.2, -0.15) is 0 Å². The predicted molar refractivity (Wildman–Crippen MR) is 61.8 cm³/mol. The molecule has 0 spiro atoms. The zero-order valence-corrected chi connectivity index (χ0v) is 10.7. The van der Waals surface area contributed by atoms with E-state index in [1.807, 2.05) is 12.3 Å². The van der Waals surface area contributed by atoms with Crippen LogP contribution in [0.1, 0.15) is 11.1 Å². The minimum Gasteiger partial charge on any atom is -0.552 e. The second kappa shape index (κ2) is 3.42. The van der Waals surface area contributed by atoms with Crippen LogP contribution in [-0.2, 0) is 0 Å². The first-order valence-corrected chi connectivity index (χ1v) is 5.44. The summed E-state index contributed by atoms with van der Waals surface area (Å²) in [5.74, 6) is 0.942. The number of benzene rings is 1. The number of fused-ring (bicyclic) bond motifs is 1. The fourth-order valence-corrected chi connectivity index (χ4v) is 2.33. The van der Waals surface area contributed by atoms with E-state index >= 15 is 0 Å². The Kier molecular flexibility index (Phi) is 2.25. The summed E-state index contributed by atoms with van der Waals surface area (Å²) in [6.07, 6.45) is 1.81. The Labute approximate surface area is 86.5 Å². The monoisotopic (exact) mass is 203 g/mol. The molecule has 0 radical (unpaired) electrons. The molecule has 0 unspecified atom stereocenters. The summed E-state index contributed by atoms with van der Waals surface area (Å²) in [6.45, 7) is 4.17. The summed E-state index contributed by atoms with van der Waals surface area (Å²) in [5, 5.41) is 1.18. The Morgan fingerprint density at radius 2 is 2.07 bits per heavy atom. The molecule has 3 heteroatoms. The van der Waals surface area contributed by atoms with Gasteiger partial charge in [0.05, 0.1) is 0 Å². The summed E-state index contributed by atoms with van der Waals surface area (Å²) in [5.41, 5.74) is 3.41. The zero-order valence-electron chi connectivity index (χ0n) is 8.66. The van der Waals surface area contributed by atoms with E-state index in [1.54, 1.807) is 0 Å². The SMILES string of the molecule is Cc1cc(C)c2cccnc2c1O[SiH3]. The van der Waals surface area contributed by atoms with Gasteiger partial charge in [0, 0.05) is 11.6 Å². The first-order valence-electron chi connectivity index (χ1n) is 4.63. The molecule has 0 atom stereocenters. The summed E-state index contributed by atoms with van der Waals surface area (Å²) in [4.78, 5) is 4.37. The third-order valence-electron chi connectivity index (χ3n) is 2.44. The molecule has 0 aliphatic rings. The van der Waals surface area contributed by atoms with Gasteiger partial charge in [0.2, 0.25) is 10.5 Å². The number of aryl methyl sites for hydroxylation is 2. The second-order valence-corrected chi connectivity index (χ2v) is 3.85. The number of pyridine rings is 1. The third-order valence-corrected chi connectivity index (χ3v) is 2.85. The Bertz CT molecular complexity index is 482. The lowest BCUT2D eigenvalue weighted by Crippen LogP contribution is -1.94. The maximum atomic E-state index is 5.49. The molecule has 2 rings (SSSR count). The van der Waals surface area contributed by atoms with Gasteiger partial charge in [-0.15, -0.1) is 0 Å². The second-order valence-electron chi connectivity index (χ2n) is 3.44. The smallest absolute Gasteiger partial charge is 0.204 e. The highest BCUT2D eigenvalue weighted by molar-refractivity contribution is 6.02. The van der Waals surface area contributed by atoms with E-state index < -0.39 is 0 Å². The quantitative estimate of drug-likeness (QED) is 0.655. The van der Waals surface area contributed by atoms with Gasteiger partial charge < -0.3 is 4.43 Å². The topological polar surface area (TPSA) is 22.1 Å². The highest BCUT2D eigenvalue weighted by atomic mass is 28.2. The van der Waals surface area contributed by atoms with Crippen LogP contribution in [0.25, 0.3) is 10.9 Å². The lowest BCUT2D eigenvalue weighted by molar-refractivity contribution is 0.616. The molecule has 2 nitrogen and oxygen atoms in total. The number of aromatic nitrogens is 1. The molecule has 1 aromatic carbocycles. The molecule has 2 aromatic rings. The van der Waals surface area contributed by atoms with Crippen LogP contribution in [0, 0.1) is 13.8 Å². The van der Waals surface area contributed by atoms with Gasteiger partial charge >= 0.3 is 0 Å². The van der Waals surface area contributed by atoms with Crippen molar-refractivity contribution in [3.8, 4) is 5.75 Å². The van der Waals surface area contributed by atoms with E-state index in [4.69, 9.17) is 4.43 Å². The van der Waals surface area contributed by atoms with Gasteiger partial charge in [-0.05, 0) is 31.0 Å². The fourth-order valence-electron chi connectivity index (χ4n) is 1.82. The van der Waals surface area contributed by atoms with Crippen molar-refractivity contribution in [3.05, 3.63) is 35.5 Å². The summed E-state index contributed by atoms with van der Waals surface area (Å²) >= 11 is 0. The van der Waals surface area contributed by atoms with Crippen molar-refractivity contribution in [2.24, 2.45) is 0 Å². The summed E-state index contributed by atoms with van der Waals surface area (Å²) in [6, 6.07) is 6.19. The van der Waals surface area contributed by atoms with E-state index in [0.717, 1.165) is 11.3 Å². The van der Waals surface area contributed by atoms with Crippen molar-refractivity contribution >= 4 is 21.4 Å². The van der Waals surface area contributed by atoms with E-state index in [2.05, 4.69) is 31.0 Å². The molecular weight excluding hydrogens is 190 g/mol. The van der Waals surface area contributed by atoms with Gasteiger partial charge in [0.15, 0.2) is 0 Å². The van der Waals surface area contributed by atoms with Crippen LogP contribution in [0.5, 0.6) is 5.75 Å². The van der Waals surface area contributed by atoms with Crippen LogP contribution in [-0.4, -0.2) is 15.5 Å². The molecule has 0 saturated carbocycles. The van der Waals surface area contributed by atoms with E-state index in [-0.39, 0.29) is 0 Å². The normalized spacial score (nSPS) is 10.7. The Hall–Kier alpha value is -1.35. The lowest BCUT2D eigenvalue weighted by Gasteiger charge is -2.10. The Balaban J connectivity index is 2.90. The summed E-state index contributed by atoms with van der Waals surface area (Å²) < 4.78 is 5.49. The number of hydrogen-bond acceptors (Lipinski definition) is 2. The maximum absolute atomic E-state index is 5.49. The zero-order chi connectivity index (χ0) is 10.1. The molecule has 0 N–H and O–H groups in total. The molecule has 14 heavy (non-hydrogen) atoms. The molecule has 0 aliphatic heterocycles. The molecule has 1 aromatic heterocycles. The van der Waals surface area contributed by atoms with Crippen molar-refractivity contribution < 1.29 is 4.43 Å². The molecule has 0 fully saturated rings. The van der Waals surface area contributed by atoms with Crippen molar-refractivity contribution in [1.82, 2.24) is 4.98 Å². The van der Waals surface area contributed by atoms with Crippen LogP contribution >= 0.6 is 0 Å². The van der Waals surface area contributed by atoms with E-state index in [9.17, 15) is 0 Å². The van der Waals surface area contributed by atoms with Gasteiger partial charge in [0.25, 0.3) is 0 Å². The molecule has 0 amide bonds. The maximum Gasteiger partial charge on any atom is 0.204 e. The molecule has 0 bridgehead atoms. The number of nitrogens with zero attached hydrogens (tertiary/aromatic N) is 1. The molecule has 0 saturated heterocycles. The highest BCUT2D eigenvalue weighted by Crippen LogP contribution is 2.29. The standard InChI is InChI=1S/C11H13NOSi/c1-7-6-8(2)11(13-14)10-9(7)4-3-5-12-10/h3-6H,1-2,14H3. The van der Waals surface area contributed by atoms with Gasteiger partial charge in [-0.3, -0.25) is 4.98 Å². The predicted octanol–water partition coefficient (Wildman–Crippen LogP) is 1.51. The van der Waals surface area contributed by atoms with Crippen molar-refractivity contribution in [3.63, 3.8) is 0 Å². The Morgan fingerprint density at radius 3 is 2.79 bits per heavy atom. The third kappa shape index (κ3) is 1.30. The van der Waals surface area contributed by atoms with Crippen LogP contribution in [0.2, 0.25) is 0 Å². The average Bonchev–Trinajstić information content (AvgIpc) is 2.18. The molecule has 1 heterocycles. The van der Waals surface area contributed by atoms with Crippen molar-refractivity contribution in [2.75, 3.05) is 0 Å². The van der Waals surface area contributed by atoms with Crippen LogP contribution in [0.15, 0.2) is 24.4 Å². The van der Waals surface area contributed by atoms with Crippen LogP contribution in [0.3, 0.4) is 0 Å². The van der Waals surface area contributed by atoms with Gasteiger partial charge in [-0.1, -0.05) is 12.1 Å². The molecule has 72 valence electrons. The lowest BCUT2D eigenvalue weighted by atomic mass is 10.1. The first-order chi connectivity index (χ1) is 6.74. The van der Waals surface area contributed by atoms with Gasteiger partial charge in [-0.25, -0.2) is 0 Å². The van der Waals surface area contributed by atoms with Crippen molar-refractivity contribution in [2.45, 2.75) is 13.8 Å². The molecular formula is C11H13NOSi. The fraction of sp³-hybridized carbons (Fsp3) is 0.182. The minimum absolute atomic E-state index is 0.703. The van der Waals surface area contributed by atoms with E-state index in [1.165, 1.54) is 16.5 Å². The Morgan fingerprint density at radius 1 is 1.29 bits per heavy atom. The van der Waals surface area contributed by atoms with Crippen LogP contribution < -0.4 is 4.43 Å². The molecule has 0 aliphatic carbocycles. The first kappa shape index (κ1) is 9.21. The average molecular weight is 203 g/mol. The summed E-state index contributed by atoms with van der Waals surface area (Å²) in [7, 11) is 0.703. The van der Waals surface area contributed by atoms with Gasteiger partial charge in [0.1, 0.15) is 11.3 Å². The minimum atomic E-state index is 0.703. The highest BCUT2D eigenvalue weighted by Gasteiger charge is 2.07. The van der Waals surface area contributed by atoms with Crippen molar-refractivity contribution in [1.29, 1.82) is 0 Å². The number of rotatable bonds is 1. The van der Waals surface area contributed by atoms with E-state index in [0.29, 0.717) is 10.5 Å².